The summed E-state index contributed by atoms with van der Waals surface area (Å²) >= 11 is 0. The van der Waals surface area contributed by atoms with Gasteiger partial charge in [-0.2, -0.15) is 0 Å². The minimum Gasteiger partial charge on any atom is -0.299 e. The van der Waals surface area contributed by atoms with Crippen molar-refractivity contribution in [3.05, 3.63) is 12.2 Å². The van der Waals surface area contributed by atoms with Crippen LogP contribution in [0.2, 0.25) is 0 Å². The zero-order valence-electron chi connectivity index (χ0n) is 8.81. The van der Waals surface area contributed by atoms with Gasteiger partial charge < -0.3 is 0 Å². The molecule has 0 saturated heterocycles. The average molecular weight is 180 g/mol. The molecule has 0 spiro atoms. The fourth-order valence-electron chi connectivity index (χ4n) is 2.13. The molecule has 0 aromatic rings. The van der Waals surface area contributed by atoms with Gasteiger partial charge in [0.1, 0.15) is 5.78 Å². The van der Waals surface area contributed by atoms with E-state index in [4.69, 9.17) is 0 Å². The molecule has 0 N–H and O–H groups in total. The Bertz CT molecular complexity index is 205. The number of hydrogen-bond acceptors (Lipinski definition) is 1. The first-order chi connectivity index (χ1) is 6.15. The van der Waals surface area contributed by atoms with E-state index in [1.54, 1.807) is 0 Å². The van der Waals surface area contributed by atoms with Crippen molar-refractivity contribution in [2.45, 2.75) is 46.0 Å². The summed E-state index contributed by atoms with van der Waals surface area (Å²) in [5.41, 5.74) is 1.09. The monoisotopic (exact) mass is 180 g/mol. The van der Waals surface area contributed by atoms with E-state index in [1.165, 1.54) is 12.8 Å². The molecule has 0 aliphatic heterocycles. The predicted molar refractivity (Wildman–Crippen MR) is 55.6 cm³/mol. The van der Waals surface area contributed by atoms with E-state index in [-0.39, 0.29) is 0 Å². The number of carbonyl (C=O) groups is 1. The second kappa shape index (κ2) is 4.59. The summed E-state index contributed by atoms with van der Waals surface area (Å²) in [6.45, 7) is 8.15. The van der Waals surface area contributed by atoms with Gasteiger partial charge in [0.2, 0.25) is 0 Å². The highest BCUT2D eigenvalue weighted by molar-refractivity contribution is 5.83. The van der Waals surface area contributed by atoms with Gasteiger partial charge in [-0.05, 0) is 25.2 Å². The van der Waals surface area contributed by atoms with Gasteiger partial charge in [-0.3, -0.25) is 4.79 Å². The van der Waals surface area contributed by atoms with Crippen LogP contribution in [-0.4, -0.2) is 5.78 Å². The maximum atomic E-state index is 11.8. The van der Waals surface area contributed by atoms with E-state index in [1.807, 2.05) is 0 Å². The Morgan fingerprint density at radius 3 is 2.62 bits per heavy atom. The summed E-state index contributed by atoms with van der Waals surface area (Å²) in [4.78, 5) is 11.8. The van der Waals surface area contributed by atoms with Crippen molar-refractivity contribution in [1.29, 1.82) is 0 Å². The predicted octanol–water partition coefficient (Wildman–Crippen LogP) is 3.35. The smallest absolute Gasteiger partial charge is 0.140 e. The zero-order chi connectivity index (χ0) is 9.84. The standard InChI is InChI=1S/C12H20O/c1-4-9(2)8-12(13)11-7-5-6-10(11)3/h10-11H,2,4-8H2,1,3H3. The third-order valence-corrected chi connectivity index (χ3v) is 3.20. The molecule has 1 saturated carbocycles. The average Bonchev–Trinajstić information content (AvgIpc) is 2.51. The Morgan fingerprint density at radius 1 is 1.46 bits per heavy atom. The third-order valence-electron chi connectivity index (χ3n) is 3.20. The van der Waals surface area contributed by atoms with E-state index in [2.05, 4.69) is 20.4 Å². The van der Waals surface area contributed by atoms with Gasteiger partial charge in [-0.15, -0.1) is 0 Å². The zero-order valence-corrected chi connectivity index (χ0v) is 8.81. The first kappa shape index (κ1) is 10.5. The van der Waals surface area contributed by atoms with Crippen LogP contribution in [-0.2, 0) is 4.79 Å². The van der Waals surface area contributed by atoms with Gasteiger partial charge >= 0.3 is 0 Å². The molecule has 1 nitrogen and oxygen atoms in total. The molecule has 2 atom stereocenters. The second-order valence-electron chi connectivity index (χ2n) is 4.26. The van der Waals surface area contributed by atoms with E-state index in [0.29, 0.717) is 24.0 Å². The third kappa shape index (κ3) is 2.68. The number of carbonyl (C=O) groups excluding carboxylic acids is 1. The first-order valence-corrected chi connectivity index (χ1v) is 5.34. The quantitative estimate of drug-likeness (QED) is 0.606. The molecule has 1 fully saturated rings. The lowest BCUT2D eigenvalue weighted by atomic mass is 9.90. The fraction of sp³-hybridized carbons (Fsp3) is 0.750. The van der Waals surface area contributed by atoms with E-state index in [9.17, 15) is 4.79 Å². The molecule has 2 unspecified atom stereocenters. The van der Waals surface area contributed by atoms with Gasteiger partial charge in [0, 0.05) is 12.3 Å². The summed E-state index contributed by atoms with van der Waals surface area (Å²) in [7, 11) is 0. The van der Waals surface area contributed by atoms with Crippen LogP contribution in [0.25, 0.3) is 0 Å². The van der Waals surface area contributed by atoms with Crippen molar-refractivity contribution < 1.29 is 4.79 Å². The Kier molecular flexibility index (Phi) is 3.71. The van der Waals surface area contributed by atoms with Crippen molar-refractivity contribution in [2.75, 3.05) is 0 Å². The minimum atomic E-state index is 0.336. The number of ketones is 1. The van der Waals surface area contributed by atoms with Crippen LogP contribution in [0.15, 0.2) is 12.2 Å². The fourth-order valence-corrected chi connectivity index (χ4v) is 2.13. The molecule has 1 aliphatic rings. The molecule has 74 valence electrons. The molecular weight excluding hydrogens is 160 g/mol. The minimum absolute atomic E-state index is 0.336. The number of rotatable bonds is 4. The van der Waals surface area contributed by atoms with Gasteiger partial charge in [0.05, 0.1) is 0 Å². The van der Waals surface area contributed by atoms with Crippen LogP contribution in [0.5, 0.6) is 0 Å². The first-order valence-electron chi connectivity index (χ1n) is 5.34. The topological polar surface area (TPSA) is 17.1 Å². The maximum absolute atomic E-state index is 11.8. The van der Waals surface area contributed by atoms with Gasteiger partial charge in [0.25, 0.3) is 0 Å². The Balaban J connectivity index is 2.43. The number of Topliss-reactive ketones (excluding diaryl/α,β-unsaturated/α-hetero) is 1. The van der Waals surface area contributed by atoms with Gasteiger partial charge in [-0.25, -0.2) is 0 Å². The van der Waals surface area contributed by atoms with Crippen LogP contribution < -0.4 is 0 Å². The Hall–Kier alpha value is -0.590. The molecule has 1 aliphatic carbocycles. The largest absolute Gasteiger partial charge is 0.299 e. The van der Waals surface area contributed by atoms with Crippen molar-refractivity contribution in [3.8, 4) is 0 Å². The Morgan fingerprint density at radius 2 is 2.15 bits per heavy atom. The maximum Gasteiger partial charge on any atom is 0.140 e. The molecule has 0 aromatic heterocycles. The molecular formula is C12H20O. The van der Waals surface area contributed by atoms with Crippen molar-refractivity contribution in [1.82, 2.24) is 0 Å². The SMILES string of the molecule is C=C(CC)CC(=O)C1CCCC1C. The normalized spacial score (nSPS) is 27.5. The lowest BCUT2D eigenvalue weighted by molar-refractivity contribution is -0.123. The van der Waals surface area contributed by atoms with Crippen LogP contribution in [0.4, 0.5) is 0 Å². The molecule has 1 heteroatoms. The van der Waals surface area contributed by atoms with Crippen molar-refractivity contribution in [3.63, 3.8) is 0 Å². The molecule has 0 amide bonds. The summed E-state index contributed by atoms with van der Waals surface area (Å²) in [5, 5.41) is 0. The van der Waals surface area contributed by atoms with Crippen LogP contribution in [0.3, 0.4) is 0 Å². The molecule has 0 bridgehead atoms. The van der Waals surface area contributed by atoms with Crippen molar-refractivity contribution >= 4 is 5.78 Å². The second-order valence-corrected chi connectivity index (χ2v) is 4.26. The van der Waals surface area contributed by atoms with Gasteiger partial charge in [0.15, 0.2) is 0 Å². The summed E-state index contributed by atoms with van der Waals surface area (Å²) < 4.78 is 0. The molecule has 1 rings (SSSR count). The van der Waals surface area contributed by atoms with Crippen molar-refractivity contribution in [2.24, 2.45) is 11.8 Å². The highest BCUT2D eigenvalue weighted by atomic mass is 16.1. The number of allylic oxidation sites excluding steroid dienone is 1. The van der Waals surface area contributed by atoms with Crippen LogP contribution >= 0.6 is 0 Å². The highest BCUT2D eigenvalue weighted by Crippen LogP contribution is 2.33. The summed E-state index contributed by atoms with van der Waals surface area (Å²) in [5.74, 6) is 1.37. The lowest BCUT2D eigenvalue weighted by Crippen LogP contribution is -2.17. The Labute approximate surface area is 81.2 Å². The summed E-state index contributed by atoms with van der Waals surface area (Å²) in [6.07, 6.45) is 5.13. The molecule has 13 heavy (non-hydrogen) atoms. The van der Waals surface area contributed by atoms with Gasteiger partial charge in [-0.1, -0.05) is 32.4 Å². The summed E-state index contributed by atoms with van der Waals surface area (Å²) in [6, 6.07) is 0. The van der Waals surface area contributed by atoms with E-state index < -0.39 is 0 Å². The number of hydrogen-bond donors (Lipinski definition) is 0. The molecule has 0 aromatic carbocycles. The molecule has 0 radical (unpaired) electrons. The highest BCUT2D eigenvalue weighted by Gasteiger charge is 2.29. The van der Waals surface area contributed by atoms with Crippen LogP contribution in [0, 0.1) is 11.8 Å². The lowest BCUT2D eigenvalue weighted by Gasteiger charge is -2.13. The van der Waals surface area contributed by atoms with Crippen LogP contribution in [0.1, 0.15) is 46.0 Å². The molecule has 0 heterocycles. The van der Waals surface area contributed by atoms with E-state index >= 15 is 0 Å². The van der Waals surface area contributed by atoms with E-state index in [0.717, 1.165) is 18.4 Å².